The summed E-state index contributed by atoms with van der Waals surface area (Å²) < 4.78 is 5.95. The fraction of sp³-hybridized carbons (Fsp3) is 0.167. The molecule has 0 aliphatic heterocycles. The molecule has 0 saturated carbocycles. The zero-order valence-electron chi connectivity index (χ0n) is 9.74. The largest absolute Gasteiger partial charge is 0.435 e. The zero-order valence-corrected chi connectivity index (χ0v) is 11.9. The van der Waals surface area contributed by atoms with Crippen molar-refractivity contribution in [3.8, 4) is 11.6 Å². The van der Waals surface area contributed by atoms with Crippen LogP contribution in [0.1, 0.15) is 12.5 Å². The fourth-order valence-electron chi connectivity index (χ4n) is 1.45. The molecule has 18 heavy (non-hydrogen) atoms. The van der Waals surface area contributed by atoms with Gasteiger partial charge in [0, 0.05) is 0 Å². The predicted molar refractivity (Wildman–Crippen MR) is 77.9 cm³/mol. The van der Waals surface area contributed by atoms with Crippen LogP contribution in [0, 0.1) is 3.57 Å². The van der Waals surface area contributed by atoms with E-state index in [1.54, 1.807) is 6.07 Å². The lowest BCUT2D eigenvalue weighted by Crippen LogP contribution is -2.11. The van der Waals surface area contributed by atoms with Crippen LogP contribution in [0.3, 0.4) is 0 Å². The number of nitrogens with one attached hydrogen (secondary N) is 1. The SMILES string of the molecule is CCc1ccc(Oc2nc[nH]c(=O)c2I)c(N)c1. The number of aromatic amines is 1. The van der Waals surface area contributed by atoms with Crippen LogP contribution in [-0.4, -0.2) is 9.97 Å². The van der Waals surface area contributed by atoms with E-state index >= 15 is 0 Å². The van der Waals surface area contributed by atoms with E-state index in [2.05, 4.69) is 16.9 Å². The minimum Gasteiger partial charge on any atom is -0.435 e. The predicted octanol–water partition coefficient (Wildman–Crippen LogP) is 2.31. The summed E-state index contributed by atoms with van der Waals surface area (Å²) in [6.45, 7) is 2.05. The molecule has 0 atom stereocenters. The second-order valence-corrected chi connectivity index (χ2v) is 4.76. The van der Waals surface area contributed by atoms with Gasteiger partial charge >= 0.3 is 0 Å². The Bertz CT molecular complexity index is 625. The van der Waals surface area contributed by atoms with E-state index in [0.717, 1.165) is 12.0 Å². The van der Waals surface area contributed by atoms with Crippen molar-refractivity contribution in [2.75, 3.05) is 5.73 Å². The molecule has 0 aliphatic carbocycles. The van der Waals surface area contributed by atoms with Crippen molar-refractivity contribution in [1.82, 2.24) is 9.97 Å². The number of halogens is 1. The molecule has 0 bridgehead atoms. The van der Waals surface area contributed by atoms with Crippen LogP contribution >= 0.6 is 22.6 Å². The van der Waals surface area contributed by atoms with Crippen molar-refractivity contribution in [3.05, 3.63) is 44.0 Å². The number of hydrogen-bond donors (Lipinski definition) is 2. The Labute approximate surface area is 118 Å². The molecule has 6 heteroatoms. The van der Waals surface area contributed by atoms with Crippen molar-refractivity contribution in [2.24, 2.45) is 0 Å². The van der Waals surface area contributed by atoms with E-state index in [0.29, 0.717) is 15.0 Å². The van der Waals surface area contributed by atoms with Gasteiger partial charge in [-0.3, -0.25) is 4.79 Å². The summed E-state index contributed by atoms with van der Waals surface area (Å²) in [7, 11) is 0. The van der Waals surface area contributed by atoms with Gasteiger partial charge in [0.2, 0.25) is 5.88 Å². The molecule has 1 aromatic carbocycles. The first-order chi connectivity index (χ1) is 8.61. The molecule has 2 aromatic rings. The maximum absolute atomic E-state index is 11.4. The summed E-state index contributed by atoms with van der Waals surface area (Å²) >= 11 is 1.89. The first-order valence-corrected chi connectivity index (χ1v) is 6.49. The normalized spacial score (nSPS) is 10.3. The Morgan fingerprint density at radius 2 is 2.28 bits per heavy atom. The number of hydrogen-bond acceptors (Lipinski definition) is 4. The topological polar surface area (TPSA) is 81.0 Å². The highest BCUT2D eigenvalue weighted by molar-refractivity contribution is 14.1. The minimum atomic E-state index is -0.232. The molecule has 1 aromatic heterocycles. The summed E-state index contributed by atoms with van der Waals surface area (Å²) in [5.74, 6) is 0.763. The third-order valence-corrected chi connectivity index (χ3v) is 3.40. The molecular weight excluding hydrogens is 345 g/mol. The van der Waals surface area contributed by atoms with Crippen molar-refractivity contribution in [3.63, 3.8) is 0 Å². The fourth-order valence-corrected chi connectivity index (χ4v) is 1.86. The average molecular weight is 357 g/mol. The Kier molecular flexibility index (Phi) is 3.85. The van der Waals surface area contributed by atoms with Gasteiger partial charge in [-0.1, -0.05) is 13.0 Å². The Hall–Kier alpha value is -1.57. The van der Waals surface area contributed by atoms with Crippen LogP contribution in [0.25, 0.3) is 0 Å². The van der Waals surface area contributed by atoms with Gasteiger partial charge in [0.15, 0.2) is 5.75 Å². The van der Waals surface area contributed by atoms with E-state index in [-0.39, 0.29) is 11.4 Å². The number of nitrogen functional groups attached to an aromatic ring is 1. The van der Waals surface area contributed by atoms with E-state index in [4.69, 9.17) is 10.5 Å². The van der Waals surface area contributed by atoms with Gasteiger partial charge in [-0.15, -0.1) is 0 Å². The highest BCUT2D eigenvalue weighted by atomic mass is 127. The van der Waals surface area contributed by atoms with Gasteiger partial charge in [0.05, 0.1) is 12.0 Å². The lowest BCUT2D eigenvalue weighted by molar-refractivity contribution is 0.458. The highest BCUT2D eigenvalue weighted by Gasteiger charge is 2.09. The number of anilines is 1. The van der Waals surface area contributed by atoms with E-state index in [1.165, 1.54) is 6.33 Å². The van der Waals surface area contributed by atoms with E-state index < -0.39 is 0 Å². The Morgan fingerprint density at radius 3 is 2.94 bits per heavy atom. The molecule has 3 N–H and O–H groups in total. The first kappa shape index (κ1) is 12.9. The average Bonchev–Trinajstić information content (AvgIpc) is 2.37. The van der Waals surface area contributed by atoms with Gasteiger partial charge in [0.25, 0.3) is 5.56 Å². The minimum absolute atomic E-state index is 0.232. The molecular formula is C12H12IN3O2. The summed E-state index contributed by atoms with van der Waals surface area (Å²) in [4.78, 5) is 17.9. The van der Waals surface area contributed by atoms with Gasteiger partial charge in [-0.25, -0.2) is 4.98 Å². The van der Waals surface area contributed by atoms with Crippen LogP contribution in [0.5, 0.6) is 11.6 Å². The number of aryl methyl sites for hydroxylation is 1. The Morgan fingerprint density at radius 1 is 1.50 bits per heavy atom. The van der Waals surface area contributed by atoms with Crippen molar-refractivity contribution < 1.29 is 4.74 Å². The summed E-state index contributed by atoms with van der Waals surface area (Å²) in [5.41, 5.74) is 7.33. The molecule has 1 heterocycles. The third kappa shape index (κ3) is 2.63. The monoisotopic (exact) mass is 357 g/mol. The van der Waals surface area contributed by atoms with E-state index in [1.807, 2.05) is 34.7 Å². The molecule has 0 fully saturated rings. The van der Waals surface area contributed by atoms with Crippen molar-refractivity contribution >= 4 is 28.3 Å². The summed E-state index contributed by atoms with van der Waals surface area (Å²) in [5, 5.41) is 0. The first-order valence-electron chi connectivity index (χ1n) is 5.41. The number of aromatic nitrogens is 2. The van der Waals surface area contributed by atoms with Gasteiger partial charge in [-0.05, 0) is 46.7 Å². The third-order valence-electron chi connectivity index (χ3n) is 2.45. The molecule has 2 rings (SSSR count). The molecule has 0 aliphatic rings. The molecule has 0 saturated heterocycles. The second kappa shape index (κ2) is 5.38. The lowest BCUT2D eigenvalue weighted by Gasteiger charge is -2.09. The summed E-state index contributed by atoms with van der Waals surface area (Å²) in [6, 6.07) is 5.58. The van der Waals surface area contributed by atoms with Crippen LogP contribution in [0.2, 0.25) is 0 Å². The maximum Gasteiger partial charge on any atom is 0.268 e. The van der Waals surface area contributed by atoms with Gasteiger partial charge < -0.3 is 15.5 Å². The summed E-state index contributed by atoms with van der Waals surface area (Å²) in [6.07, 6.45) is 2.21. The standard InChI is InChI=1S/C12H12IN3O2/c1-2-7-3-4-9(8(14)5-7)18-12-10(13)11(17)15-6-16-12/h3-6H,2,14H2,1H3,(H,15,16,17). The molecule has 5 nitrogen and oxygen atoms in total. The lowest BCUT2D eigenvalue weighted by atomic mass is 10.1. The van der Waals surface area contributed by atoms with Crippen LogP contribution in [-0.2, 0) is 6.42 Å². The molecule has 0 spiro atoms. The number of rotatable bonds is 3. The number of nitrogens with two attached hydrogens (primary N) is 1. The van der Waals surface area contributed by atoms with E-state index in [9.17, 15) is 4.79 Å². The number of nitrogens with zero attached hydrogens (tertiary/aromatic N) is 1. The highest BCUT2D eigenvalue weighted by Crippen LogP contribution is 2.28. The Balaban J connectivity index is 2.34. The molecule has 0 radical (unpaired) electrons. The van der Waals surface area contributed by atoms with Crippen molar-refractivity contribution in [2.45, 2.75) is 13.3 Å². The van der Waals surface area contributed by atoms with Crippen LogP contribution < -0.4 is 16.0 Å². The van der Waals surface area contributed by atoms with Crippen LogP contribution in [0.15, 0.2) is 29.3 Å². The number of benzene rings is 1. The van der Waals surface area contributed by atoms with Gasteiger partial charge in [-0.2, -0.15) is 0 Å². The van der Waals surface area contributed by atoms with Crippen LogP contribution in [0.4, 0.5) is 5.69 Å². The molecule has 0 amide bonds. The quantitative estimate of drug-likeness (QED) is 0.653. The second-order valence-electron chi connectivity index (χ2n) is 3.68. The van der Waals surface area contributed by atoms with Gasteiger partial charge in [0.1, 0.15) is 3.57 Å². The number of H-pyrrole nitrogens is 1. The maximum atomic E-state index is 11.4. The smallest absolute Gasteiger partial charge is 0.268 e. The molecule has 94 valence electrons. The number of ether oxygens (including phenoxy) is 1. The van der Waals surface area contributed by atoms with Crippen molar-refractivity contribution in [1.29, 1.82) is 0 Å². The zero-order chi connectivity index (χ0) is 13.1. The molecule has 0 unspecified atom stereocenters.